The summed E-state index contributed by atoms with van der Waals surface area (Å²) >= 11 is 0. The second-order valence-electron chi connectivity index (χ2n) is 3.85. The Labute approximate surface area is 80.1 Å². The van der Waals surface area contributed by atoms with Crippen LogP contribution in [0.3, 0.4) is 0 Å². The third-order valence-electron chi connectivity index (χ3n) is 2.00. The van der Waals surface area contributed by atoms with E-state index in [1.54, 1.807) is 0 Å². The van der Waals surface area contributed by atoms with Crippen molar-refractivity contribution in [2.24, 2.45) is 0 Å². The minimum absolute atomic E-state index is 0.00796. The van der Waals surface area contributed by atoms with Gasteiger partial charge >= 0.3 is 0 Å². The Morgan fingerprint density at radius 2 is 2.23 bits per heavy atom. The van der Waals surface area contributed by atoms with Gasteiger partial charge in [0.15, 0.2) is 0 Å². The van der Waals surface area contributed by atoms with Gasteiger partial charge in [0.05, 0.1) is 5.75 Å². The van der Waals surface area contributed by atoms with Gasteiger partial charge in [-0.3, -0.25) is 0 Å². The molecule has 0 radical (unpaired) electrons. The number of hydrogen-bond donors (Lipinski definition) is 2. The lowest BCUT2D eigenvalue weighted by atomic mass is 10.3. The van der Waals surface area contributed by atoms with E-state index in [1.807, 2.05) is 13.8 Å². The minimum Gasteiger partial charge on any atom is -0.313 e. The van der Waals surface area contributed by atoms with Crippen LogP contribution in [0.5, 0.6) is 0 Å². The molecule has 1 aliphatic rings. The molecule has 13 heavy (non-hydrogen) atoms. The molecule has 0 spiro atoms. The molecule has 4 nitrogen and oxygen atoms in total. The molecular weight excluding hydrogens is 188 g/mol. The van der Waals surface area contributed by atoms with E-state index in [-0.39, 0.29) is 17.8 Å². The molecule has 1 fully saturated rings. The van der Waals surface area contributed by atoms with Crippen LogP contribution < -0.4 is 10.0 Å². The Morgan fingerprint density at radius 3 is 2.69 bits per heavy atom. The SMILES string of the molecule is CC(C)NS(=O)(=O)C[C@@H]1CCCN1. The van der Waals surface area contributed by atoms with E-state index >= 15 is 0 Å². The van der Waals surface area contributed by atoms with Crippen molar-refractivity contribution in [3.63, 3.8) is 0 Å². The van der Waals surface area contributed by atoms with Gasteiger partial charge in [0.2, 0.25) is 10.0 Å². The molecule has 1 saturated heterocycles. The standard InChI is InChI=1S/C8H18N2O2S/c1-7(2)10-13(11,12)6-8-4-3-5-9-8/h7-10H,3-6H2,1-2H3/t8-/m0/s1. The molecule has 1 atom stereocenters. The van der Waals surface area contributed by atoms with E-state index in [0.29, 0.717) is 0 Å². The molecule has 5 heteroatoms. The van der Waals surface area contributed by atoms with E-state index < -0.39 is 10.0 Å². The van der Waals surface area contributed by atoms with Gasteiger partial charge in [-0.25, -0.2) is 13.1 Å². The summed E-state index contributed by atoms with van der Waals surface area (Å²) in [5.74, 6) is 0.213. The highest BCUT2D eigenvalue weighted by atomic mass is 32.2. The first-order chi connectivity index (χ1) is 5.99. The van der Waals surface area contributed by atoms with E-state index in [4.69, 9.17) is 0 Å². The molecule has 0 bridgehead atoms. The van der Waals surface area contributed by atoms with Crippen LogP contribution in [0.15, 0.2) is 0 Å². The van der Waals surface area contributed by atoms with Gasteiger partial charge in [0, 0.05) is 12.1 Å². The van der Waals surface area contributed by atoms with Crippen molar-refractivity contribution >= 4 is 10.0 Å². The van der Waals surface area contributed by atoms with Crippen LogP contribution in [0.1, 0.15) is 26.7 Å². The molecule has 2 N–H and O–H groups in total. The second kappa shape index (κ2) is 4.39. The Kier molecular flexibility index (Phi) is 3.70. The molecule has 0 aromatic rings. The maximum atomic E-state index is 11.4. The molecule has 1 rings (SSSR count). The number of hydrogen-bond acceptors (Lipinski definition) is 3. The molecule has 1 aliphatic heterocycles. The molecule has 78 valence electrons. The van der Waals surface area contributed by atoms with Crippen molar-refractivity contribution in [3.05, 3.63) is 0 Å². The summed E-state index contributed by atoms with van der Waals surface area (Å²) in [4.78, 5) is 0. The fourth-order valence-electron chi connectivity index (χ4n) is 1.57. The van der Waals surface area contributed by atoms with Crippen molar-refractivity contribution < 1.29 is 8.42 Å². The van der Waals surface area contributed by atoms with Gasteiger partial charge < -0.3 is 5.32 Å². The van der Waals surface area contributed by atoms with E-state index in [1.165, 1.54) is 0 Å². The van der Waals surface area contributed by atoms with Crippen molar-refractivity contribution in [3.8, 4) is 0 Å². The summed E-state index contributed by atoms with van der Waals surface area (Å²) in [5, 5.41) is 3.17. The Hall–Kier alpha value is -0.130. The molecule has 1 heterocycles. The molecular formula is C8H18N2O2S. The highest BCUT2D eigenvalue weighted by Gasteiger charge is 2.22. The second-order valence-corrected chi connectivity index (χ2v) is 5.65. The summed E-state index contributed by atoms with van der Waals surface area (Å²) in [6, 6.07) is 0.141. The predicted octanol–water partition coefficient (Wildman–Crippen LogP) is 0.0662. The van der Waals surface area contributed by atoms with Gasteiger partial charge in [-0.05, 0) is 33.2 Å². The number of rotatable bonds is 4. The Bertz CT molecular complexity index is 243. The normalized spacial score (nSPS) is 24.1. The minimum atomic E-state index is -3.08. The smallest absolute Gasteiger partial charge is 0.213 e. The zero-order valence-corrected chi connectivity index (χ0v) is 9.02. The quantitative estimate of drug-likeness (QED) is 0.684. The van der Waals surface area contributed by atoms with Crippen LogP contribution in [0.25, 0.3) is 0 Å². The predicted molar refractivity (Wildman–Crippen MR) is 53.1 cm³/mol. The summed E-state index contributed by atoms with van der Waals surface area (Å²) in [6.45, 7) is 4.61. The zero-order valence-electron chi connectivity index (χ0n) is 8.21. The van der Waals surface area contributed by atoms with Crippen molar-refractivity contribution in [1.82, 2.24) is 10.0 Å². The highest BCUT2D eigenvalue weighted by Crippen LogP contribution is 2.07. The lowest BCUT2D eigenvalue weighted by molar-refractivity contribution is 0.553. The first kappa shape index (κ1) is 10.9. The molecule has 0 aromatic carbocycles. The first-order valence-corrected chi connectivity index (χ1v) is 6.38. The third kappa shape index (κ3) is 4.06. The maximum absolute atomic E-state index is 11.4. The van der Waals surface area contributed by atoms with E-state index in [0.717, 1.165) is 19.4 Å². The zero-order chi connectivity index (χ0) is 9.90. The largest absolute Gasteiger partial charge is 0.313 e. The van der Waals surface area contributed by atoms with Crippen molar-refractivity contribution in [2.75, 3.05) is 12.3 Å². The molecule has 0 aliphatic carbocycles. The average molecular weight is 206 g/mol. The first-order valence-electron chi connectivity index (χ1n) is 4.73. The van der Waals surface area contributed by atoms with Crippen LogP contribution in [-0.2, 0) is 10.0 Å². The van der Waals surface area contributed by atoms with Crippen LogP contribution >= 0.6 is 0 Å². The lowest BCUT2D eigenvalue weighted by Crippen LogP contribution is -2.39. The molecule has 0 saturated carbocycles. The van der Waals surface area contributed by atoms with Crippen molar-refractivity contribution in [1.29, 1.82) is 0 Å². The fourth-order valence-corrected chi connectivity index (χ4v) is 3.20. The van der Waals surface area contributed by atoms with Gasteiger partial charge in [-0.1, -0.05) is 0 Å². The van der Waals surface area contributed by atoms with Gasteiger partial charge in [0.1, 0.15) is 0 Å². The van der Waals surface area contributed by atoms with Crippen molar-refractivity contribution in [2.45, 2.75) is 38.8 Å². The van der Waals surface area contributed by atoms with Crippen LogP contribution in [0.2, 0.25) is 0 Å². The molecule has 0 aromatic heterocycles. The van der Waals surface area contributed by atoms with E-state index in [2.05, 4.69) is 10.0 Å². The van der Waals surface area contributed by atoms with Crippen LogP contribution in [-0.4, -0.2) is 32.8 Å². The maximum Gasteiger partial charge on any atom is 0.213 e. The van der Waals surface area contributed by atoms with Gasteiger partial charge in [-0.15, -0.1) is 0 Å². The lowest BCUT2D eigenvalue weighted by Gasteiger charge is -2.13. The molecule has 0 amide bonds. The highest BCUT2D eigenvalue weighted by molar-refractivity contribution is 7.89. The van der Waals surface area contributed by atoms with E-state index in [9.17, 15) is 8.42 Å². The summed E-state index contributed by atoms with van der Waals surface area (Å²) in [6.07, 6.45) is 2.06. The Morgan fingerprint density at radius 1 is 1.54 bits per heavy atom. The van der Waals surface area contributed by atoms with Gasteiger partial charge in [0.25, 0.3) is 0 Å². The summed E-state index contributed by atoms with van der Waals surface area (Å²) in [5.41, 5.74) is 0. The monoisotopic (exact) mass is 206 g/mol. The number of nitrogens with one attached hydrogen (secondary N) is 2. The van der Waals surface area contributed by atoms with Crippen LogP contribution in [0, 0.1) is 0 Å². The average Bonchev–Trinajstić information content (AvgIpc) is 2.34. The summed E-state index contributed by atoms with van der Waals surface area (Å²) < 4.78 is 25.5. The molecule has 0 unspecified atom stereocenters. The summed E-state index contributed by atoms with van der Waals surface area (Å²) in [7, 11) is -3.08. The third-order valence-corrected chi connectivity index (χ3v) is 3.67. The topological polar surface area (TPSA) is 58.2 Å². The Balaban J connectivity index is 2.41. The number of sulfonamides is 1. The van der Waals surface area contributed by atoms with Crippen LogP contribution in [0.4, 0.5) is 0 Å². The van der Waals surface area contributed by atoms with Gasteiger partial charge in [-0.2, -0.15) is 0 Å². The fraction of sp³-hybridized carbons (Fsp3) is 1.00.